The normalized spacial score (nSPS) is 22.0. The molecule has 12 heteroatoms. The lowest BCUT2D eigenvalue weighted by Gasteiger charge is -2.41. The summed E-state index contributed by atoms with van der Waals surface area (Å²) in [4.78, 5) is 31.5. The van der Waals surface area contributed by atoms with Crippen LogP contribution in [0.5, 0.6) is 0 Å². The number of rotatable bonds is 12. The Hall–Kier alpha value is -2.73. The van der Waals surface area contributed by atoms with E-state index in [1.807, 2.05) is 55.5 Å². The summed E-state index contributed by atoms with van der Waals surface area (Å²) in [6, 6.07) is 13.7. The lowest BCUT2D eigenvalue weighted by atomic mass is 10.0. The maximum absolute atomic E-state index is 14.1. The third kappa shape index (κ3) is 11.2. The van der Waals surface area contributed by atoms with Crippen LogP contribution in [0.15, 0.2) is 72.8 Å². The zero-order valence-electron chi connectivity index (χ0n) is 27.4. The molecule has 2 aliphatic rings. The van der Waals surface area contributed by atoms with E-state index in [0.29, 0.717) is 61.5 Å². The van der Waals surface area contributed by atoms with Gasteiger partial charge in [0.05, 0.1) is 12.3 Å². The van der Waals surface area contributed by atoms with Crippen LogP contribution < -0.4 is 10.6 Å². The van der Waals surface area contributed by atoms with E-state index >= 15 is 0 Å². The molecule has 9 nitrogen and oxygen atoms in total. The third-order valence-electron chi connectivity index (χ3n) is 8.78. The van der Waals surface area contributed by atoms with Crippen LogP contribution in [-0.2, 0) is 26.0 Å². The summed E-state index contributed by atoms with van der Waals surface area (Å²) >= 11 is 12.7. The Balaban J connectivity index is 1.47. The average Bonchev–Trinajstić information content (AvgIpc) is 3.14. The number of nitrogens with one attached hydrogen (secondary N) is 2. The molecule has 0 radical (unpaired) electrons. The summed E-state index contributed by atoms with van der Waals surface area (Å²) in [6.07, 6.45) is 10.8. The van der Waals surface area contributed by atoms with E-state index in [-0.39, 0.29) is 36.9 Å². The first kappa shape index (κ1) is 37.1. The monoisotopic (exact) mass is 703 g/mol. The highest BCUT2D eigenvalue weighted by molar-refractivity contribution is 7.88. The number of halogens is 2. The Morgan fingerprint density at radius 2 is 1.74 bits per heavy atom. The third-order valence-corrected chi connectivity index (χ3v) is 10.7. The van der Waals surface area contributed by atoms with Crippen LogP contribution >= 0.6 is 23.2 Å². The summed E-state index contributed by atoms with van der Waals surface area (Å²) in [6.45, 7) is 7.21. The molecule has 2 aromatic rings. The van der Waals surface area contributed by atoms with Crippen LogP contribution in [0.3, 0.4) is 0 Å². The van der Waals surface area contributed by atoms with Crippen molar-refractivity contribution in [1.82, 2.24) is 24.7 Å². The minimum atomic E-state index is -3.43. The summed E-state index contributed by atoms with van der Waals surface area (Å²) in [5, 5.41) is 7.73. The molecule has 4 atom stereocenters. The number of sulfonamides is 1. The molecule has 2 amide bonds. The van der Waals surface area contributed by atoms with E-state index < -0.39 is 16.1 Å². The number of nitrogens with zero attached hydrogens (tertiary/aromatic N) is 3. The van der Waals surface area contributed by atoms with Crippen molar-refractivity contribution in [3.05, 3.63) is 94.0 Å². The molecule has 2 aliphatic heterocycles. The Kier molecular flexibility index (Phi) is 13.9. The minimum absolute atomic E-state index is 0.0419. The topological polar surface area (TPSA) is 102 Å². The van der Waals surface area contributed by atoms with Crippen molar-refractivity contribution < 1.29 is 18.0 Å². The Morgan fingerprint density at radius 3 is 2.40 bits per heavy atom. The molecule has 1 fully saturated rings. The molecule has 4 unspecified atom stereocenters. The number of amides is 2. The molecule has 1 saturated heterocycles. The number of hydrogen-bond donors (Lipinski definition) is 2. The second-order valence-electron chi connectivity index (χ2n) is 12.4. The van der Waals surface area contributed by atoms with Gasteiger partial charge in [-0.15, -0.1) is 0 Å². The number of likely N-dealkylation sites (N-methyl/N-ethyl adjacent to an activating group) is 1. The highest BCUT2D eigenvalue weighted by Gasteiger charge is 2.34. The van der Waals surface area contributed by atoms with Gasteiger partial charge in [-0.3, -0.25) is 14.5 Å². The van der Waals surface area contributed by atoms with Gasteiger partial charge in [0.25, 0.3) is 0 Å². The Morgan fingerprint density at radius 1 is 1.04 bits per heavy atom. The fraction of sp³-hybridized carbons (Fsp3) is 0.486. The number of allylic oxidation sites excluding steroid dienone is 2. The second kappa shape index (κ2) is 17.6. The van der Waals surface area contributed by atoms with Crippen molar-refractivity contribution in [3.8, 4) is 0 Å². The van der Waals surface area contributed by atoms with Crippen molar-refractivity contribution in [2.24, 2.45) is 5.92 Å². The van der Waals surface area contributed by atoms with Gasteiger partial charge in [-0.25, -0.2) is 12.7 Å². The number of hydrogen-bond acceptors (Lipinski definition) is 6. The van der Waals surface area contributed by atoms with Gasteiger partial charge in [-0.2, -0.15) is 0 Å². The van der Waals surface area contributed by atoms with Crippen molar-refractivity contribution in [2.45, 2.75) is 51.2 Å². The first-order chi connectivity index (χ1) is 22.4. The van der Waals surface area contributed by atoms with Crippen LogP contribution in [0.25, 0.3) is 0 Å². The van der Waals surface area contributed by atoms with E-state index in [1.54, 1.807) is 17.0 Å². The molecular formula is C35H47Cl2N5O4S. The molecule has 0 saturated carbocycles. The van der Waals surface area contributed by atoms with E-state index in [9.17, 15) is 18.0 Å². The lowest BCUT2D eigenvalue weighted by Crippen LogP contribution is -2.57. The van der Waals surface area contributed by atoms with Gasteiger partial charge in [0, 0.05) is 74.7 Å². The quantitative estimate of drug-likeness (QED) is 0.333. The molecule has 0 aliphatic carbocycles. The first-order valence-electron chi connectivity index (χ1n) is 16.3. The number of piperazine rings is 1. The molecule has 0 aromatic heterocycles. The smallest absolute Gasteiger partial charge is 0.245 e. The molecule has 2 N–H and O–H groups in total. The van der Waals surface area contributed by atoms with E-state index in [1.165, 1.54) is 10.6 Å². The zero-order chi connectivity index (χ0) is 34.0. The van der Waals surface area contributed by atoms with E-state index in [2.05, 4.69) is 34.6 Å². The summed E-state index contributed by atoms with van der Waals surface area (Å²) in [5.74, 6) is 0.0183. The maximum Gasteiger partial charge on any atom is 0.245 e. The first-order valence-corrected chi connectivity index (χ1v) is 18.9. The number of benzene rings is 2. The van der Waals surface area contributed by atoms with Crippen molar-refractivity contribution in [2.75, 3.05) is 52.1 Å². The fourth-order valence-electron chi connectivity index (χ4n) is 6.09. The standard InChI is InChI=1S/C35H47Cl2N5O4S/c1-4-42(47(3,45)46)25-33(30-12-8-9-13-31(30)37)40-18-20-41(21-19-40)35(44)32(22-27-14-16-28(36)17-15-27)39-34(43)23-29-11-7-5-6-10-26(2)24-38-29/h5-10,12-17,26,29,32-33,38H,4,11,18-25H2,1-3H3,(H,39,43)/b7-5-,10-6-. The molecule has 0 spiro atoms. The lowest BCUT2D eigenvalue weighted by molar-refractivity contribution is -0.138. The van der Waals surface area contributed by atoms with Gasteiger partial charge in [0.15, 0.2) is 0 Å². The molecule has 0 bridgehead atoms. The van der Waals surface area contributed by atoms with Crippen molar-refractivity contribution in [3.63, 3.8) is 0 Å². The molecular weight excluding hydrogens is 657 g/mol. The van der Waals surface area contributed by atoms with Crippen molar-refractivity contribution >= 4 is 45.0 Å². The van der Waals surface area contributed by atoms with Crippen molar-refractivity contribution in [1.29, 1.82) is 0 Å². The molecule has 2 aromatic carbocycles. The van der Waals surface area contributed by atoms with Gasteiger partial charge in [0.2, 0.25) is 21.8 Å². The largest absolute Gasteiger partial charge is 0.344 e. The second-order valence-corrected chi connectivity index (χ2v) is 15.2. The predicted octanol–water partition coefficient (Wildman–Crippen LogP) is 4.69. The minimum Gasteiger partial charge on any atom is -0.344 e. The van der Waals surface area contributed by atoms with Crippen LogP contribution in [0.2, 0.25) is 10.0 Å². The Labute approximate surface area is 290 Å². The highest BCUT2D eigenvalue weighted by atomic mass is 35.5. The van der Waals surface area contributed by atoms with Crippen LogP contribution in [0.4, 0.5) is 0 Å². The Bertz CT molecular complexity index is 1510. The van der Waals surface area contributed by atoms with Gasteiger partial charge < -0.3 is 15.5 Å². The predicted molar refractivity (Wildman–Crippen MR) is 190 cm³/mol. The van der Waals surface area contributed by atoms with E-state index in [0.717, 1.165) is 17.7 Å². The van der Waals surface area contributed by atoms with Gasteiger partial charge in [0.1, 0.15) is 6.04 Å². The van der Waals surface area contributed by atoms with E-state index in [4.69, 9.17) is 23.2 Å². The fourth-order valence-corrected chi connectivity index (χ4v) is 7.36. The molecule has 2 heterocycles. The molecule has 256 valence electrons. The van der Waals surface area contributed by atoms with Crippen LogP contribution in [0, 0.1) is 5.92 Å². The van der Waals surface area contributed by atoms with Crippen LogP contribution in [0.1, 0.15) is 43.9 Å². The number of carbonyl (C=O) groups excluding carboxylic acids is 2. The summed E-state index contributed by atoms with van der Waals surface area (Å²) in [5.41, 5.74) is 1.75. The summed E-state index contributed by atoms with van der Waals surface area (Å²) < 4.78 is 26.5. The van der Waals surface area contributed by atoms with Gasteiger partial charge in [-0.05, 0) is 41.7 Å². The van der Waals surface area contributed by atoms with Crippen LogP contribution in [-0.4, -0.2) is 98.5 Å². The maximum atomic E-state index is 14.1. The van der Waals surface area contributed by atoms with Gasteiger partial charge in [-0.1, -0.05) is 91.7 Å². The molecule has 47 heavy (non-hydrogen) atoms. The van der Waals surface area contributed by atoms with Gasteiger partial charge >= 0.3 is 0 Å². The average molecular weight is 705 g/mol. The highest BCUT2D eigenvalue weighted by Crippen LogP contribution is 2.30. The summed E-state index contributed by atoms with van der Waals surface area (Å²) in [7, 11) is -3.43. The SMILES string of the molecule is CCN(CC(c1ccccc1Cl)N1CCN(C(=O)C(Cc2ccc(Cl)cc2)NC(=O)CC2C/C=C\C=C/C(C)CN2)CC1)S(C)(=O)=O. The number of carbonyl (C=O) groups is 2. The zero-order valence-corrected chi connectivity index (χ0v) is 29.8. The molecule has 4 rings (SSSR count).